The van der Waals surface area contributed by atoms with Crippen LogP contribution in [0.25, 0.3) is 0 Å². The van der Waals surface area contributed by atoms with Crippen molar-refractivity contribution in [2.75, 3.05) is 12.5 Å². The van der Waals surface area contributed by atoms with Crippen molar-refractivity contribution in [1.29, 1.82) is 0 Å². The Morgan fingerprint density at radius 1 is 1.48 bits per heavy atom. The van der Waals surface area contributed by atoms with Crippen LogP contribution < -0.4 is 11.3 Å². The van der Waals surface area contributed by atoms with Crippen LogP contribution in [0, 0.1) is 0 Å². The third-order valence-electron chi connectivity index (χ3n) is 3.29. The standard InChI is InChI=1S/C13H18N4O2S2/c1-10(8-11-4-3-7-20-11)17(2)21(18,19)13-9-15-6-5-12(13)16-14/h3-7,9-10H,8,14H2,1-2H3,(H,15,16). The molecule has 0 bridgehead atoms. The summed E-state index contributed by atoms with van der Waals surface area (Å²) in [7, 11) is -2.08. The summed E-state index contributed by atoms with van der Waals surface area (Å²) >= 11 is 1.62. The average Bonchev–Trinajstić information content (AvgIpc) is 2.99. The molecular formula is C13H18N4O2S2. The van der Waals surface area contributed by atoms with Crippen molar-refractivity contribution in [3.8, 4) is 0 Å². The fourth-order valence-electron chi connectivity index (χ4n) is 1.95. The van der Waals surface area contributed by atoms with Gasteiger partial charge in [0.2, 0.25) is 10.0 Å². The summed E-state index contributed by atoms with van der Waals surface area (Å²) < 4.78 is 26.7. The highest BCUT2D eigenvalue weighted by Gasteiger charge is 2.28. The van der Waals surface area contributed by atoms with Gasteiger partial charge in [0.15, 0.2) is 0 Å². The van der Waals surface area contributed by atoms with E-state index in [0.717, 1.165) is 4.88 Å². The fraction of sp³-hybridized carbons (Fsp3) is 0.308. The predicted octanol–water partition coefficient (Wildman–Crippen LogP) is 1.68. The van der Waals surface area contributed by atoms with E-state index < -0.39 is 10.0 Å². The van der Waals surface area contributed by atoms with E-state index in [9.17, 15) is 8.42 Å². The summed E-state index contributed by atoms with van der Waals surface area (Å²) in [5.41, 5.74) is 2.73. The highest BCUT2D eigenvalue weighted by atomic mass is 32.2. The van der Waals surface area contributed by atoms with Crippen LogP contribution in [0.2, 0.25) is 0 Å². The SMILES string of the molecule is CC(Cc1cccs1)N(C)S(=O)(=O)c1cnccc1NN. The van der Waals surface area contributed by atoms with Crippen molar-refractivity contribution >= 4 is 27.0 Å². The number of sulfonamides is 1. The fourth-order valence-corrected chi connectivity index (χ4v) is 4.23. The van der Waals surface area contributed by atoms with Gasteiger partial charge in [0.25, 0.3) is 0 Å². The molecule has 0 saturated carbocycles. The number of hydrazine groups is 1. The number of hydrogen-bond acceptors (Lipinski definition) is 6. The number of nitrogens with one attached hydrogen (secondary N) is 1. The number of likely N-dealkylation sites (N-methyl/N-ethyl adjacent to an activating group) is 1. The highest BCUT2D eigenvalue weighted by Crippen LogP contribution is 2.24. The van der Waals surface area contributed by atoms with Gasteiger partial charge in [-0.3, -0.25) is 10.8 Å². The molecule has 2 aromatic rings. The first-order valence-corrected chi connectivity index (χ1v) is 8.70. The second-order valence-corrected chi connectivity index (χ2v) is 7.67. The van der Waals surface area contributed by atoms with Gasteiger partial charge < -0.3 is 5.43 Å². The van der Waals surface area contributed by atoms with Crippen LogP contribution in [-0.2, 0) is 16.4 Å². The molecule has 6 nitrogen and oxygen atoms in total. The van der Waals surface area contributed by atoms with E-state index in [0.29, 0.717) is 12.1 Å². The lowest BCUT2D eigenvalue weighted by molar-refractivity contribution is 0.388. The van der Waals surface area contributed by atoms with Crippen LogP contribution >= 0.6 is 11.3 Å². The Kier molecular flexibility index (Phi) is 4.94. The van der Waals surface area contributed by atoms with Crippen molar-refractivity contribution in [2.45, 2.75) is 24.3 Å². The number of thiophene rings is 1. The Bertz CT molecular complexity index is 686. The minimum atomic E-state index is -3.65. The number of rotatable bonds is 6. The van der Waals surface area contributed by atoms with Gasteiger partial charge >= 0.3 is 0 Å². The van der Waals surface area contributed by atoms with Gasteiger partial charge in [-0.2, -0.15) is 4.31 Å². The molecule has 8 heteroatoms. The predicted molar refractivity (Wildman–Crippen MR) is 84.5 cm³/mol. The number of hydrogen-bond donors (Lipinski definition) is 2. The lowest BCUT2D eigenvalue weighted by atomic mass is 10.2. The van der Waals surface area contributed by atoms with Gasteiger partial charge in [0.05, 0.1) is 5.69 Å². The molecule has 114 valence electrons. The minimum Gasteiger partial charge on any atom is -0.323 e. The molecule has 0 aromatic carbocycles. The van der Waals surface area contributed by atoms with Crippen molar-refractivity contribution in [1.82, 2.24) is 9.29 Å². The van der Waals surface area contributed by atoms with E-state index >= 15 is 0 Å². The summed E-state index contributed by atoms with van der Waals surface area (Å²) in [5.74, 6) is 5.37. The van der Waals surface area contributed by atoms with Crippen LogP contribution in [0.15, 0.2) is 40.9 Å². The largest absolute Gasteiger partial charge is 0.323 e. The lowest BCUT2D eigenvalue weighted by Crippen LogP contribution is -2.36. The van der Waals surface area contributed by atoms with Gasteiger partial charge in [-0.05, 0) is 30.9 Å². The van der Waals surface area contributed by atoms with Crippen LogP contribution in [-0.4, -0.2) is 30.8 Å². The molecule has 0 aliphatic heterocycles. The maximum atomic E-state index is 12.7. The Hall–Kier alpha value is -1.48. The molecule has 2 heterocycles. The molecule has 0 fully saturated rings. The summed E-state index contributed by atoms with van der Waals surface area (Å²) in [6, 6.07) is 5.32. The van der Waals surface area contributed by atoms with Crippen LogP contribution in [0.5, 0.6) is 0 Å². The van der Waals surface area contributed by atoms with Gasteiger partial charge in [-0.1, -0.05) is 6.07 Å². The van der Waals surface area contributed by atoms with E-state index in [4.69, 9.17) is 5.84 Å². The molecule has 0 amide bonds. The molecule has 0 radical (unpaired) electrons. The molecule has 3 N–H and O–H groups in total. The van der Waals surface area contributed by atoms with Crippen LogP contribution in [0.1, 0.15) is 11.8 Å². The van der Waals surface area contributed by atoms with E-state index in [1.807, 2.05) is 24.4 Å². The third kappa shape index (κ3) is 3.41. The Morgan fingerprint density at radius 2 is 2.24 bits per heavy atom. The normalized spacial score (nSPS) is 13.3. The zero-order valence-corrected chi connectivity index (χ0v) is 13.5. The topological polar surface area (TPSA) is 88.3 Å². The van der Waals surface area contributed by atoms with E-state index in [1.54, 1.807) is 18.4 Å². The monoisotopic (exact) mass is 326 g/mol. The summed E-state index contributed by atoms with van der Waals surface area (Å²) in [6.07, 6.45) is 3.46. The van der Waals surface area contributed by atoms with Crippen molar-refractivity contribution < 1.29 is 8.42 Å². The number of aromatic nitrogens is 1. The maximum absolute atomic E-state index is 12.7. The quantitative estimate of drug-likeness (QED) is 0.623. The molecule has 0 aliphatic carbocycles. The number of nitrogens with zero attached hydrogens (tertiary/aromatic N) is 2. The van der Waals surface area contributed by atoms with Gasteiger partial charge in [0.1, 0.15) is 4.90 Å². The van der Waals surface area contributed by atoms with Crippen molar-refractivity contribution in [3.05, 3.63) is 40.8 Å². The molecule has 2 rings (SSSR count). The first kappa shape index (κ1) is 15.9. The second kappa shape index (κ2) is 6.52. The van der Waals surface area contributed by atoms with Crippen LogP contribution in [0.4, 0.5) is 5.69 Å². The van der Waals surface area contributed by atoms with E-state index in [1.165, 1.54) is 22.8 Å². The number of nitrogen functional groups attached to an aromatic ring is 1. The van der Waals surface area contributed by atoms with Crippen molar-refractivity contribution in [2.24, 2.45) is 5.84 Å². The molecule has 1 unspecified atom stereocenters. The average molecular weight is 326 g/mol. The summed E-state index contributed by atoms with van der Waals surface area (Å²) in [4.78, 5) is 5.10. The summed E-state index contributed by atoms with van der Waals surface area (Å²) in [5, 5.41) is 1.98. The third-order valence-corrected chi connectivity index (χ3v) is 6.19. The molecule has 0 saturated heterocycles. The molecule has 2 aromatic heterocycles. The number of pyridine rings is 1. The lowest BCUT2D eigenvalue weighted by Gasteiger charge is -2.24. The second-order valence-electron chi connectivity index (χ2n) is 4.67. The smallest absolute Gasteiger partial charge is 0.246 e. The number of nitrogens with two attached hydrogens (primary N) is 1. The number of anilines is 1. The molecule has 0 aliphatic rings. The van der Waals surface area contributed by atoms with Gasteiger partial charge in [0, 0.05) is 30.4 Å². The maximum Gasteiger partial charge on any atom is 0.246 e. The van der Waals surface area contributed by atoms with Gasteiger partial charge in [-0.15, -0.1) is 11.3 Å². The van der Waals surface area contributed by atoms with Crippen molar-refractivity contribution in [3.63, 3.8) is 0 Å². The Balaban J connectivity index is 2.26. The molecular weight excluding hydrogens is 308 g/mol. The minimum absolute atomic E-state index is 0.0769. The molecule has 0 spiro atoms. The van der Waals surface area contributed by atoms with E-state index in [2.05, 4.69) is 10.4 Å². The molecule has 1 atom stereocenters. The summed E-state index contributed by atoms with van der Waals surface area (Å²) in [6.45, 7) is 1.88. The first-order chi connectivity index (χ1) is 9.96. The Morgan fingerprint density at radius 3 is 2.86 bits per heavy atom. The van der Waals surface area contributed by atoms with Gasteiger partial charge in [-0.25, -0.2) is 8.42 Å². The molecule has 21 heavy (non-hydrogen) atoms. The zero-order valence-electron chi connectivity index (χ0n) is 11.9. The van der Waals surface area contributed by atoms with Crippen LogP contribution in [0.3, 0.4) is 0 Å². The highest BCUT2D eigenvalue weighted by molar-refractivity contribution is 7.89. The Labute approximate surface area is 128 Å². The zero-order chi connectivity index (χ0) is 15.5. The first-order valence-electron chi connectivity index (χ1n) is 6.38. The van der Waals surface area contributed by atoms with E-state index in [-0.39, 0.29) is 10.9 Å².